The molecule has 0 spiro atoms. The molecule has 6 rings (SSSR count). The third kappa shape index (κ3) is 4.12. The molecular formula is C25H29F3N6O2. The highest BCUT2D eigenvalue weighted by Gasteiger charge is 2.59. The van der Waals surface area contributed by atoms with Crippen LogP contribution in [0, 0.1) is 13.8 Å². The van der Waals surface area contributed by atoms with Crippen LogP contribution >= 0.6 is 0 Å². The molecule has 1 aliphatic carbocycles. The molecule has 36 heavy (non-hydrogen) atoms. The van der Waals surface area contributed by atoms with Gasteiger partial charge in [-0.2, -0.15) is 5.10 Å². The number of anilines is 2. The minimum Gasteiger partial charge on any atom is -0.389 e. The van der Waals surface area contributed by atoms with Gasteiger partial charge in [-0.25, -0.2) is 23.1 Å². The standard InChI is InChI=1S/C25H29F3N6O2/c1-13-5-15-8-29-24(32-20-9-30-34(14(20)2)23-7-25(23,27)28)31-19(15)6-17(13)16-3-4-33(10-18(16)26)21-11-36-12-22(21)35/h5-6,8-9,16,18,21-23,35H,3-4,7,10-12H2,1-2H3,(H,29,31,32)/t16-,18?,21+,22?,23?/m0/s1. The van der Waals surface area contributed by atoms with Crippen LogP contribution in [0.15, 0.2) is 24.5 Å². The van der Waals surface area contributed by atoms with Crippen LogP contribution in [0.4, 0.5) is 24.8 Å². The Morgan fingerprint density at radius 1 is 1.19 bits per heavy atom. The van der Waals surface area contributed by atoms with Crippen LogP contribution in [-0.2, 0) is 4.74 Å². The molecule has 0 bridgehead atoms. The van der Waals surface area contributed by atoms with Crippen molar-refractivity contribution in [2.75, 3.05) is 31.6 Å². The first-order valence-electron chi connectivity index (χ1n) is 12.3. The van der Waals surface area contributed by atoms with Gasteiger partial charge in [-0.1, -0.05) is 0 Å². The number of aliphatic hydroxyl groups is 1. The zero-order valence-electron chi connectivity index (χ0n) is 20.2. The third-order valence-electron chi connectivity index (χ3n) is 7.81. The second kappa shape index (κ2) is 8.67. The first kappa shape index (κ1) is 23.6. The van der Waals surface area contributed by atoms with Crippen molar-refractivity contribution in [1.82, 2.24) is 24.6 Å². The van der Waals surface area contributed by atoms with E-state index in [4.69, 9.17) is 4.74 Å². The summed E-state index contributed by atoms with van der Waals surface area (Å²) in [5, 5.41) is 18.2. The molecule has 3 fully saturated rings. The molecule has 3 unspecified atom stereocenters. The molecule has 5 atom stereocenters. The zero-order valence-corrected chi connectivity index (χ0v) is 20.2. The third-order valence-corrected chi connectivity index (χ3v) is 7.81. The fourth-order valence-electron chi connectivity index (χ4n) is 5.57. The summed E-state index contributed by atoms with van der Waals surface area (Å²) in [7, 11) is 0. The second-order valence-electron chi connectivity index (χ2n) is 10.2. The number of aromatic nitrogens is 4. The lowest BCUT2D eigenvalue weighted by Crippen LogP contribution is -2.50. The Balaban J connectivity index is 1.22. The van der Waals surface area contributed by atoms with Crippen LogP contribution in [0.1, 0.15) is 41.6 Å². The van der Waals surface area contributed by atoms with Gasteiger partial charge in [0.15, 0.2) is 0 Å². The maximum Gasteiger partial charge on any atom is 0.272 e. The maximum absolute atomic E-state index is 15.4. The average Bonchev–Trinajstić information content (AvgIpc) is 3.12. The fraction of sp³-hybridized carbons (Fsp3) is 0.560. The number of hydrogen-bond donors (Lipinski definition) is 2. The van der Waals surface area contributed by atoms with Gasteiger partial charge in [0.25, 0.3) is 5.92 Å². The van der Waals surface area contributed by atoms with Gasteiger partial charge in [0.05, 0.1) is 48.5 Å². The van der Waals surface area contributed by atoms with E-state index in [1.165, 1.54) is 10.9 Å². The predicted octanol–water partition coefficient (Wildman–Crippen LogP) is 3.65. The molecule has 2 aromatic heterocycles. The Labute approximate surface area is 206 Å². The van der Waals surface area contributed by atoms with Crippen molar-refractivity contribution >= 4 is 22.5 Å². The fourth-order valence-corrected chi connectivity index (χ4v) is 5.57. The first-order valence-corrected chi connectivity index (χ1v) is 12.3. The number of halogens is 3. The number of aliphatic hydroxyl groups excluding tert-OH is 1. The van der Waals surface area contributed by atoms with Crippen LogP contribution in [0.25, 0.3) is 10.9 Å². The van der Waals surface area contributed by atoms with Gasteiger partial charge in [0.1, 0.15) is 12.2 Å². The minimum absolute atomic E-state index is 0.151. The van der Waals surface area contributed by atoms with E-state index in [0.29, 0.717) is 49.0 Å². The van der Waals surface area contributed by atoms with Gasteiger partial charge >= 0.3 is 0 Å². The average molecular weight is 503 g/mol. The van der Waals surface area contributed by atoms with Crippen LogP contribution in [0.2, 0.25) is 0 Å². The number of likely N-dealkylation sites (tertiary alicyclic amines) is 1. The van der Waals surface area contributed by atoms with E-state index in [-0.39, 0.29) is 24.9 Å². The smallest absolute Gasteiger partial charge is 0.272 e. The minimum atomic E-state index is -2.71. The Bertz CT molecular complexity index is 1300. The van der Waals surface area contributed by atoms with Gasteiger partial charge in [-0.3, -0.25) is 9.58 Å². The summed E-state index contributed by atoms with van der Waals surface area (Å²) in [5.74, 6) is -2.65. The van der Waals surface area contributed by atoms with Crippen molar-refractivity contribution in [2.24, 2.45) is 0 Å². The van der Waals surface area contributed by atoms with Crippen molar-refractivity contribution in [1.29, 1.82) is 0 Å². The van der Waals surface area contributed by atoms with Crippen molar-refractivity contribution in [2.45, 2.75) is 62.9 Å². The van der Waals surface area contributed by atoms with Gasteiger partial charge in [-0.15, -0.1) is 0 Å². The lowest BCUT2D eigenvalue weighted by Gasteiger charge is -2.39. The topological polar surface area (TPSA) is 88.3 Å². The Hall–Kier alpha value is -2.76. The first-order chi connectivity index (χ1) is 17.2. The lowest BCUT2D eigenvalue weighted by molar-refractivity contribution is 0.0352. The molecule has 3 aromatic rings. The molecule has 2 N–H and O–H groups in total. The summed E-state index contributed by atoms with van der Waals surface area (Å²) in [4.78, 5) is 11.0. The van der Waals surface area contributed by atoms with Crippen molar-refractivity contribution in [3.63, 3.8) is 0 Å². The number of rotatable bonds is 5. The van der Waals surface area contributed by atoms with Crippen molar-refractivity contribution < 1.29 is 23.0 Å². The summed E-state index contributed by atoms with van der Waals surface area (Å²) < 4.78 is 49.1. The van der Waals surface area contributed by atoms with Gasteiger partial charge in [0.2, 0.25) is 5.95 Å². The predicted molar refractivity (Wildman–Crippen MR) is 128 cm³/mol. The van der Waals surface area contributed by atoms with E-state index in [1.807, 2.05) is 24.0 Å². The quantitative estimate of drug-likeness (QED) is 0.551. The number of nitrogens with one attached hydrogen (secondary N) is 1. The largest absolute Gasteiger partial charge is 0.389 e. The Kier molecular flexibility index (Phi) is 5.69. The molecule has 3 aliphatic rings. The van der Waals surface area contributed by atoms with Crippen LogP contribution in [-0.4, -0.2) is 80.3 Å². The monoisotopic (exact) mass is 502 g/mol. The summed E-state index contributed by atoms with van der Waals surface area (Å²) in [6, 6.07) is 2.85. The molecule has 2 aliphatic heterocycles. The summed E-state index contributed by atoms with van der Waals surface area (Å²) in [6.45, 7) is 5.38. The zero-order chi connectivity index (χ0) is 25.2. The molecular weight excluding hydrogens is 473 g/mol. The Morgan fingerprint density at radius 2 is 2.00 bits per heavy atom. The second-order valence-corrected chi connectivity index (χ2v) is 10.2. The lowest BCUT2D eigenvalue weighted by atomic mass is 9.84. The number of alkyl halides is 3. The van der Waals surface area contributed by atoms with Crippen LogP contribution in [0.3, 0.4) is 0 Å². The molecule has 1 saturated carbocycles. The van der Waals surface area contributed by atoms with Gasteiger partial charge in [-0.05, 0) is 50.1 Å². The number of fused-ring (bicyclic) bond motifs is 1. The number of benzene rings is 1. The van der Waals surface area contributed by atoms with Crippen molar-refractivity contribution in [3.05, 3.63) is 41.3 Å². The highest BCUT2D eigenvalue weighted by Crippen LogP contribution is 2.53. The SMILES string of the molecule is Cc1cc2cnc(Nc3cnn(C4CC4(F)F)c3C)nc2cc1[C@@H]1CCN([C@@H]2COCC2O)CC1F. The molecule has 192 valence electrons. The summed E-state index contributed by atoms with van der Waals surface area (Å²) >= 11 is 0. The Morgan fingerprint density at radius 3 is 2.69 bits per heavy atom. The van der Waals surface area contributed by atoms with E-state index >= 15 is 4.39 Å². The van der Waals surface area contributed by atoms with E-state index < -0.39 is 24.2 Å². The molecule has 2 saturated heterocycles. The van der Waals surface area contributed by atoms with E-state index in [2.05, 4.69) is 20.4 Å². The maximum atomic E-state index is 15.4. The van der Waals surface area contributed by atoms with Crippen LogP contribution in [0.5, 0.6) is 0 Å². The molecule has 0 radical (unpaired) electrons. The highest BCUT2D eigenvalue weighted by atomic mass is 19.3. The number of piperidine rings is 1. The summed E-state index contributed by atoms with van der Waals surface area (Å²) in [5.41, 5.74) is 3.75. The number of aryl methyl sites for hydroxylation is 1. The summed E-state index contributed by atoms with van der Waals surface area (Å²) in [6.07, 6.45) is 2.00. The van der Waals surface area contributed by atoms with E-state index in [0.717, 1.165) is 16.5 Å². The van der Waals surface area contributed by atoms with Crippen LogP contribution < -0.4 is 5.32 Å². The number of ether oxygens (including phenoxy) is 1. The van der Waals surface area contributed by atoms with E-state index in [1.54, 1.807) is 13.1 Å². The molecule has 11 heteroatoms. The molecule has 4 heterocycles. The molecule has 8 nitrogen and oxygen atoms in total. The number of hydrogen-bond acceptors (Lipinski definition) is 7. The van der Waals surface area contributed by atoms with Gasteiger partial charge in [0, 0.05) is 30.5 Å². The van der Waals surface area contributed by atoms with E-state index in [9.17, 15) is 13.9 Å². The number of nitrogens with zero attached hydrogens (tertiary/aromatic N) is 5. The van der Waals surface area contributed by atoms with Crippen molar-refractivity contribution in [3.8, 4) is 0 Å². The molecule has 1 aromatic carbocycles. The highest BCUT2D eigenvalue weighted by molar-refractivity contribution is 5.81. The normalized spacial score (nSPS) is 30.1. The molecule has 0 amide bonds. The van der Waals surface area contributed by atoms with Gasteiger partial charge < -0.3 is 15.2 Å².